The number of nitrogens with two attached hydrogens (primary N) is 1. The van der Waals surface area contributed by atoms with Gasteiger partial charge in [0.1, 0.15) is 11.5 Å². The molecule has 0 atom stereocenters. The molecule has 0 aliphatic rings. The van der Waals surface area contributed by atoms with Gasteiger partial charge in [0.2, 0.25) is 0 Å². The average Bonchev–Trinajstić information content (AvgIpc) is 3.01. The first kappa shape index (κ1) is 21.6. The third-order valence-corrected chi connectivity index (χ3v) is 5.63. The topological polar surface area (TPSA) is 103 Å². The molecule has 0 spiro atoms. The smallest absolute Gasteiger partial charge is 0.267 e. The summed E-state index contributed by atoms with van der Waals surface area (Å²) in [6.45, 7) is 4.06. The number of primary amides is 1. The van der Waals surface area contributed by atoms with E-state index in [1.807, 2.05) is 6.92 Å². The van der Waals surface area contributed by atoms with Gasteiger partial charge in [-0.3, -0.25) is 14.3 Å². The van der Waals surface area contributed by atoms with Crippen LogP contribution in [-0.2, 0) is 6.54 Å². The van der Waals surface area contributed by atoms with Gasteiger partial charge in [-0.05, 0) is 55.8 Å². The van der Waals surface area contributed by atoms with Gasteiger partial charge in [0.05, 0.1) is 34.7 Å². The zero-order chi connectivity index (χ0) is 23.0. The second-order valence-corrected chi connectivity index (χ2v) is 8.28. The summed E-state index contributed by atoms with van der Waals surface area (Å²) in [5, 5.41) is 8.00. The van der Waals surface area contributed by atoms with Crippen molar-refractivity contribution in [1.29, 1.82) is 0 Å². The third-order valence-electron chi connectivity index (χ3n) is 5.13. The summed E-state index contributed by atoms with van der Waals surface area (Å²) in [5.74, 6) is -1.43. The van der Waals surface area contributed by atoms with E-state index in [4.69, 9.17) is 5.73 Å². The zero-order valence-corrected chi connectivity index (χ0v) is 18.9. The van der Waals surface area contributed by atoms with Crippen molar-refractivity contribution >= 4 is 44.3 Å². The van der Waals surface area contributed by atoms with E-state index >= 15 is 0 Å². The van der Waals surface area contributed by atoms with Gasteiger partial charge in [0.15, 0.2) is 0 Å². The predicted octanol–water partition coefficient (Wildman–Crippen LogP) is 4.35. The molecule has 2 aromatic carbocycles. The van der Waals surface area contributed by atoms with Gasteiger partial charge in [0.25, 0.3) is 11.8 Å². The van der Waals surface area contributed by atoms with E-state index < -0.39 is 11.8 Å². The Balaban J connectivity index is 1.69. The Morgan fingerprint density at radius 3 is 2.53 bits per heavy atom. The van der Waals surface area contributed by atoms with Crippen LogP contribution in [0.2, 0.25) is 0 Å². The van der Waals surface area contributed by atoms with Crippen molar-refractivity contribution < 1.29 is 14.0 Å². The Morgan fingerprint density at radius 1 is 1.12 bits per heavy atom. The minimum absolute atomic E-state index is 0.00502. The maximum absolute atomic E-state index is 13.2. The van der Waals surface area contributed by atoms with Crippen LogP contribution in [0.1, 0.15) is 37.8 Å². The van der Waals surface area contributed by atoms with Crippen LogP contribution in [0, 0.1) is 19.7 Å². The van der Waals surface area contributed by atoms with Gasteiger partial charge in [-0.15, -0.1) is 0 Å². The van der Waals surface area contributed by atoms with E-state index in [-0.39, 0.29) is 17.1 Å². The second-order valence-electron chi connectivity index (χ2n) is 7.36. The number of aromatic nitrogens is 3. The number of hydrogen-bond donors (Lipinski definition) is 2. The molecule has 162 valence electrons. The van der Waals surface area contributed by atoms with Crippen LogP contribution in [0.3, 0.4) is 0 Å². The average molecular weight is 496 g/mol. The van der Waals surface area contributed by atoms with Gasteiger partial charge in [0, 0.05) is 9.86 Å². The van der Waals surface area contributed by atoms with Crippen LogP contribution in [-0.4, -0.2) is 26.6 Å². The van der Waals surface area contributed by atoms with Crippen LogP contribution in [0.15, 0.2) is 53.0 Å². The summed E-state index contributed by atoms with van der Waals surface area (Å²) in [6, 6.07) is 12.8. The highest BCUT2D eigenvalue weighted by molar-refractivity contribution is 9.10. The van der Waals surface area contributed by atoms with E-state index in [9.17, 15) is 14.0 Å². The van der Waals surface area contributed by atoms with E-state index in [2.05, 4.69) is 31.3 Å². The first-order chi connectivity index (χ1) is 15.2. The first-order valence-corrected chi connectivity index (χ1v) is 10.5. The molecule has 9 heteroatoms. The number of benzene rings is 2. The number of nitrogens with one attached hydrogen (secondary N) is 1. The van der Waals surface area contributed by atoms with Crippen LogP contribution < -0.4 is 11.1 Å². The van der Waals surface area contributed by atoms with Gasteiger partial charge in [-0.2, -0.15) is 5.10 Å². The van der Waals surface area contributed by atoms with E-state index in [0.717, 1.165) is 15.7 Å². The zero-order valence-electron chi connectivity index (χ0n) is 17.3. The molecule has 0 saturated carbocycles. The minimum Gasteiger partial charge on any atom is -0.364 e. The number of halogens is 2. The lowest BCUT2D eigenvalue weighted by atomic mass is 10.1. The molecule has 4 rings (SSSR count). The molecular formula is C23H19BrFN5O2. The van der Waals surface area contributed by atoms with Crippen molar-refractivity contribution in [2.75, 3.05) is 5.32 Å². The van der Waals surface area contributed by atoms with Gasteiger partial charge in [-0.1, -0.05) is 28.1 Å². The highest BCUT2D eigenvalue weighted by atomic mass is 79.9. The molecule has 0 fully saturated rings. The number of carbonyl (C=O) groups excluding carboxylic acids is 2. The third kappa shape index (κ3) is 4.24. The molecule has 2 heterocycles. The molecule has 0 aliphatic carbocycles. The number of pyridine rings is 1. The fourth-order valence-corrected chi connectivity index (χ4v) is 3.85. The van der Waals surface area contributed by atoms with Crippen LogP contribution in [0.4, 0.5) is 10.1 Å². The summed E-state index contributed by atoms with van der Waals surface area (Å²) < 4.78 is 15.7. The fourth-order valence-electron chi connectivity index (χ4n) is 3.49. The number of nitrogens with zero attached hydrogens (tertiary/aromatic N) is 3. The summed E-state index contributed by atoms with van der Waals surface area (Å²) in [7, 11) is 0. The summed E-state index contributed by atoms with van der Waals surface area (Å²) in [5.41, 5.74) is 9.00. The summed E-state index contributed by atoms with van der Waals surface area (Å²) >= 11 is 3.40. The Bertz CT molecular complexity index is 1370. The Hall–Kier alpha value is -3.59. The molecule has 2 aromatic heterocycles. The number of amides is 2. The number of aryl methyl sites for hydroxylation is 1. The lowest BCUT2D eigenvalue weighted by molar-refractivity contribution is 0.0996. The highest BCUT2D eigenvalue weighted by Crippen LogP contribution is 2.26. The largest absolute Gasteiger partial charge is 0.364 e. The molecule has 3 N–H and O–H groups in total. The normalized spacial score (nSPS) is 11.0. The number of hydrogen-bond acceptors (Lipinski definition) is 4. The lowest BCUT2D eigenvalue weighted by Crippen LogP contribution is -2.18. The highest BCUT2D eigenvalue weighted by Gasteiger charge is 2.19. The van der Waals surface area contributed by atoms with Gasteiger partial charge in [-0.25, -0.2) is 9.37 Å². The molecule has 0 saturated heterocycles. The molecule has 0 radical (unpaired) electrons. The number of anilines is 1. The minimum atomic E-state index is -0.719. The quantitative estimate of drug-likeness (QED) is 0.429. The standard InChI is InChI=1S/C23H19BrFN5O2/c1-12-21(13(2)30(29-12)11-14-3-6-16(25)7-4-14)28-23(32)18-10-20(22(26)31)27-19-8-5-15(24)9-17(18)19/h3-10H,11H2,1-2H3,(H2,26,31)(H,28,32). The van der Waals surface area contributed by atoms with Crippen LogP contribution >= 0.6 is 15.9 Å². The first-order valence-electron chi connectivity index (χ1n) is 9.73. The molecule has 0 unspecified atom stereocenters. The number of carbonyl (C=O) groups is 2. The molecule has 4 aromatic rings. The Kier molecular flexibility index (Phi) is 5.75. The molecular weight excluding hydrogens is 477 g/mol. The van der Waals surface area contributed by atoms with Crippen molar-refractivity contribution in [3.63, 3.8) is 0 Å². The van der Waals surface area contributed by atoms with Gasteiger partial charge >= 0.3 is 0 Å². The van der Waals surface area contributed by atoms with Crippen molar-refractivity contribution in [1.82, 2.24) is 14.8 Å². The van der Waals surface area contributed by atoms with Crippen molar-refractivity contribution in [3.05, 3.63) is 87.0 Å². The Labute approximate surface area is 191 Å². The molecule has 0 aliphatic heterocycles. The fraction of sp³-hybridized carbons (Fsp3) is 0.130. The SMILES string of the molecule is Cc1nn(Cc2ccc(F)cc2)c(C)c1NC(=O)c1cc(C(N)=O)nc2ccc(Br)cc12. The maximum Gasteiger partial charge on any atom is 0.267 e. The predicted molar refractivity (Wildman–Crippen MR) is 123 cm³/mol. The summed E-state index contributed by atoms with van der Waals surface area (Å²) in [4.78, 5) is 29.2. The molecule has 0 bridgehead atoms. The van der Waals surface area contributed by atoms with Crippen LogP contribution in [0.5, 0.6) is 0 Å². The number of rotatable bonds is 5. The molecule has 2 amide bonds. The van der Waals surface area contributed by atoms with Crippen LogP contribution in [0.25, 0.3) is 10.9 Å². The van der Waals surface area contributed by atoms with Crippen molar-refractivity contribution in [2.45, 2.75) is 20.4 Å². The Morgan fingerprint density at radius 2 is 1.84 bits per heavy atom. The summed E-state index contributed by atoms with van der Waals surface area (Å²) in [6.07, 6.45) is 0. The van der Waals surface area contributed by atoms with Crippen molar-refractivity contribution in [2.24, 2.45) is 5.73 Å². The monoisotopic (exact) mass is 495 g/mol. The van der Waals surface area contributed by atoms with Crippen molar-refractivity contribution in [3.8, 4) is 0 Å². The lowest BCUT2D eigenvalue weighted by Gasteiger charge is -2.11. The van der Waals surface area contributed by atoms with E-state index in [1.165, 1.54) is 18.2 Å². The van der Waals surface area contributed by atoms with E-state index in [0.29, 0.717) is 28.8 Å². The number of fused-ring (bicyclic) bond motifs is 1. The molecule has 7 nitrogen and oxygen atoms in total. The maximum atomic E-state index is 13.2. The second kappa shape index (κ2) is 8.51. The van der Waals surface area contributed by atoms with Gasteiger partial charge < -0.3 is 11.1 Å². The molecule has 32 heavy (non-hydrogen) atoms. The van der Waals surface area contributed by atoms with E-state index in [1.54, 1.807) is 41.9 Å².